The molecule has 2 aromatic heterocycles. The van der Waals surface area contributed by atoms with Gasteiger partial charge in [-0.15, -0.1) is 0 Å². The minimum absolute atomic E-state index is 0.343. The Morgan fingerprint density at radius 3 is 2.35 bits per heavy atom. The summed E-state index contributed by atoms with van der Waals surface area (Å²) in [5, 5.41) is 4.48. The topological polar surface area (TPSA) is 116 Å². The number of aromatic nitrogens is 4. The highest BCUT2D eigenvalue weighted by atomic mass is 32.2. The van der Waals surface area contributed by atoms with Crippen molar-refractivity contribution >= 4 is 29.2 Å². The lowest BCUT2D eigenvalue weighted by atomic mass is 10.3. The summed E-state index contributed by atoms with van der Waals surface area (Å²) in [4.78, 5) is 17.1. The van der Waals surface area contributed by atoms with Gasteiger partial charge in [0, 0.05) is 18.2 Å². The molecule has 2 heterocycles. The maximum absolute atomic E-state index is 5.67. The van der Waals surface area contributed by atoms with E-state index in [1.165, 1.54) is 17.8 Å². The van der Waals surface area contributed by atoms with Crippen LogP contribution in [0, 0.1) is 13.8 Å². The number of hydrogen-bond donors (Lipinski definition) is 3. The number of anilines is 3. The van der Waals surface area contributed by atoms with Crippen molar-refractivity contribution in [2.24, 2.45) is 0 Å². The first-order chi connectivity index (χ1) is 9.49. The largest absolute Gasteiger partial charge is 0.383 e. The van der Waals surface area contributed by atoms with E-state index in [0.29, 0.717) is 22.6 Å². The molecule has 0 saturated heterocycles. The Kier molecular flexibility index (Phi) is 4.23. The van der Waals surface area contributed by atoms with Crippen LogP contribution in [0.3, 0.4) is 0 Å². The molecule has 0 aliphatic carbocycles. The van der Waals surface area contributed by atoms with Gasteiger partial charge in [-0.1, -0.05) is 0 Å². The van der Waals surface area contributed by atoms with Gasteiger partial charge in [0.1, 0.15) is 28.3 Å². The van der Waals surface area contributed by atoms with Gasteiger partial charge < -0.3 is 16.8 Å². The Bertz CT molecular complexity index is 609. The Morgan fingerprint density at radius 1 is 1.10 bits per heavy atom. The molecule has 0 bridgehead atoms. The molecule has 0 aliphatic heterocycles. The van der Waals surface area contributed by atoms with Crippen LogP contribution < -0.4 is 16.8 Å². The summed E-state index contributed by atoms with van der Waals surface area (Å²) in [6.07, 6.45) is 0. The van der Waals surface area contributed by atoms with Crippen molar-refractivity contribution in [2.45, 2.75) is 31.0 Å². The van der Waals surface area contributed by atoms with Crippen molar-refractivity contribution in [3.05, 3.63) is 17.5 Å². The molecule has 0 spiro atoms. The second kappa shape index (κ2) is 5.91. The number of hydrogen-bond acceptors (Lipinski definition) is 8. The first kappa shape index (κ1) is 14.3. The number of nitrogens with one attached hydrogen (secondary N) is 1. The van der Waals surface area contributed by atoms with E-state index in [0.717, 1.165) is 23.0 Å². The van der Waals surface area contributed by atoms with E-state index in [9.17, 15) is 0 Å². The molecule has 2 rings (SSSR count). The van der Waals surface area contributed by atoms with E-state index < -0.39 is 0 Å². The molecule has 0 radical (unpaired) electrons. The molecular formula is C12H17N7S. The van der Waals surface area contributed by atoms with E-state index in [1.54, 1.807) is 0 Å². The van der Waals surface area contributed by atoms with Crippen molar-refractivity contribution in [2.75, 3.05) is 23.3 Å². The molecule has 0 atom stereocenters. The third-order valence-electron chi connectivity index (χ3n) is 2.49. The maximum atomic E-state index is 5.67. The van der Waals surface area contributed by atoms with Crippen LogP contribution in [-0.4, -0.2) is 26.5 Å². The summed E-state index contributed by atoms with van der Waals surface area (Å²) in [6.45, 7) is 6.61. The highest BCUT2D eigenvalue weighted by Crippen LogP contribution is 2.29. The molecule has 0 aliphatic rings. The fraction of sp³-hybridized carbons (Fsp3) is 0.333. The van der Waals surface area contributed by atoms with Crippen molar-refractivity contribution in [1.29, 1.82) is 0 Å². The smallest absolute Gasteiger partial charge is 0.197 e. The summed E-state index contributed by atoms with van der Waals surface area (Å²) >= 11 is 1.32. The summed E-state index contributed by atoms with van der Waals surface area (Å²) < 4.78 is 0. The highest BCUT2D eigenvalue weighted by Gasteiger charge is 2.12. The molecule has 0 unspecified atom stereocenters. The lowest BCUT2D eigenvalue weighted by Gasteiger charge is -2.11. The van der Waals surface area contributed by atoms with Gasteiger partial charge in [0.15, 0.2) is 5.16 Å². The fourth-order valence-corrected chi connectivity index (χ4v) is 2.54. The van der Waals surface area contributed by atoms with Crippen molar-refractivity contribution in [1.82, 2.24) is 19.9 Å². The summed E-state index contributed by atoms with van der Waals surface area (Å²) in [7, 11) is 0. The second-order valence-electron chi connectivity index (χ2n) is 4.18. The summed E-state index contributed by atoms with van der Waals surface area (Å²) in [5.74, 6) is 2.19. The first-order valence-corrected chi connectivity index (χ1v) is 6.98. The summed E-state index contributed by atoms with van der Waals surface area (Å²) in [6, 6.07) is 1.52. The molecule has 106 valence electrons. The van der Waals surface area contributed by atoms with Gasteiger partial charge in [0.2, 0.25) is 0 Å². The zero-order valence-electron chi connectivity index (χ0n) is 11.6. The van der Waals surface area contributed by atoms with Gasteiger partial charge in [-0.3, -0.25) is 0 Å². The molecule has 8 heteroatoms. The van der Waals surface area contributed by atoms with Crippen LogP contribution in [0.25, 0.3) is 0 Å². The fourth-order valence-electron chi connectivity index (χ4n) is 1.64. The highest BCUT2D eigenvalue weighted by molar-refractivity contribution is 7.99. The molecule has 2 aromatic rings. The van der Waals surface area contributed by atoms with Gasteiger partial charge in [0.05, 0.1) is 0 Å². The number of nitrogens with two attached hydrogens (primary N) is 2. The molecule has 0 saturated carbocycles. The predicted octanol–water partition coefficient (Wildman–Crippen LogP) is 1.63. The van der Waals surface area contributed by atoms with Gasteiger partial charge >= 0.3 is 0 Å². The number of nitrogens with zero attached hydrogens (tertiary/aromatic N) is 4. The lowest BCUT2D eigenvalue weighted by molar-refractivity contribution is 0.919. The minimum Gasteiger partial charge on any atom is -0.383 e. The van der Waals surface area contributed by atoms with Gasteiger partial charge in [-0.25, -0.2) is 19.9 Å². The average molecular weight is 291 g/mol. The third-order valence-corrected chi connectivity index (χ3v) is 3.45. The molecule has 20 heavy (non-hydrogen) atoms. The maximum Gasteiger partial charge on any atom is 0.197 e. The van der Waals surface area contributed by atoms with Crippen LogP contribution in [0.5, 0.6) is 0 Å². The quantitative estimate of drug-likeness (QED) is 0.575. The molecular weight excluding hydrogens is 274 g/mol. The van der Waals surface area contributed by atoms with Crippen LogP contribution in [0.1, 0.15) is 18.3 Å². The molecule has 7 nitrogen and oxygen atoms in total. The van der Waals surface area contributed by atoms with Crippen LogP contribution in [0.4, 0.5) is 17.5 Å². The third kappa shape index (κ3) is 3.27. The van der Waals surface area contributed by atoms with Gasteiger partial charge in [-0.2, -0.15) is 0 Å². The number of aryl methyl sites for hydroxylation is 1. The number of nitrogen functional groups attached to an aromatic ring is 2. The monoisotopic (exact) mass is 291 g/mol. The van der Waals surface area contributed by atoms with E-state index in [1.807, 2.05) is 20.8 Å². The Hall–Kier alpha value is -2.09. The SMILES string of the molecule is CCNc1nc(C)nc(Sc2nc(N)cc(N)n2)c1C. The first-order valence-electron chi connectivity index (χ1n) is 6.16. The molecule has 5 N–H and O–H groups in total. The summed E-state index contributed by atoms with van der Waals surface area (Å²) in [5.41, 5.74) is 12.3. The Morgan fingerprint density at radius 2 is 1.75 bits per heavy atom. The van der Waals surface area contributed by atoms with E-state index in [-0.39, 0.29) is 0 Å². The molecule has 0 aromatic carbocycles. The van der Waals surface area contributed by atoms with E-state index in [4.69, 9.17) is 11.5 Å². The van der Waals surface area contributed by atoms with Gasteiger partial charge in [0.25, 0.3) is 0 Å². The Labute approximate surface area is 121 Å². The minimum atomic E-state index is 0.343. The lowest BCUT2D eigenvalue weighted by Crippen LogP contribution is -2.06. The zero-order chi connectivity index (χ0) is 14.7. The normalized spacial score (nSPS) is 10.6. The standard InChI is InChI=1S/C12H17N7S/c1-4-15-10-6(2)11(17-7(3)16-10)20-12-18-8(13)5-9(14)19-12/h5H,4H2,1-3H3,(H,15,16,17)(H4,13,14,18,19). The second-order valence-corrected chi connectivity index (χ2v) is 5.14. The predicted molar refractivity (Wildman–Crippen MR) is 80.6 cm³/mol. The van der Waals surface area contributed by atoms with E-state index in [2.05, 4.69) is 25.3 Å². The van der Waals surface area contributed by atoms with Crippen LogP contribution in [0.2, 0.25) is 0 Å². The molecule has 0 amide bonds. The van der Waals surface area contributed by atoms with Crippen LogP contribution in [-0.2, 0) is 0 Å². The van der Waals surface area contributed by atoms with Crippen LogP contribution >= 0.6 is 11.8 Å². The van der Waals surface area contributed by atoms with Crippen LogP contribution in [0.15, 0.2) is 16.2 Å². The number of rotatable bonds is 4. The van der Waals surface area contributed by atoms with Gasteiger partial charge in [-0.05, 0) is 32.5 Å². The Balaban J connectivity index is 2.37. The van der Waals surface area contributed by atoms with E-state index >= 15 is 0 Å². The van der Waals surface area contributed by atoms with Crippen molar-refractivity contribution in [3.63, 3.8) is 0 Å². The molecule has 0 fully saturated rings. The van der Waals surface area contributed by atoms with Crippen molar-refractivity contribution in [3.8, 4) is 0 Å². The zero-order valence-corrected chi connectivity index (χ0v) is 12.5. The van der Waals surface area contributed by atoms with Crippen molar-refractivity contribution < 1.29 is 0 Å². The average Bonchev–Trinajstić information content (AvgIpc) is 2.34.